The molecule has 0 aromatic heterocycles. The average molecular weight is 1160 g/mol. The Labute approximate surface area is 467 Å². The zero-order valence-electron chi connectivity index (χ0n) is 45.2. The van der Waals surface area contributed by atoms with Gasteiger partial charge in [-0.25, -0.2) is 24.4 Å². The Morgan fingerprint density at radius 3 is 1.37 bits per heavy atom. The number of nitrogens with zero attached hydrogens (tertiary/aromatic N) is 3. The number of carbonyl (C=O) groups excluding carboxylic acids is 5. The summed E-state index contributed by atoms with van der Waals surface area (Å²) >= 11 is 0. The Morgan fingerprint density at radius 2 is 1.02 bits per heavy atom. The minimum Gasteiger partial charge on any atom is -0.478 e. The number of guanidine groups is 2. The summed E-state index contributed by atoms with van der Waals surface area (Å²) in [4.78, 5) is 96.9. The highest BCUT2D eigenvalue weighted by Gasteiger charge is 2.47. The molecule has 18 N–H and O–H groups in total. The van der Waals surface area contributed by atoms with Crippen LogP contribution in [0.2, 0.25) is 0 Å². The van der Waals surface area contributed by atoms with E-state index < -0.39 is 152 Å². The van der Waals surface area contributed by atoms with Crippen molar-refractivity contribution in [2.24, 2.45) is 32.9 Å². The first-order valence-corrected chi connectivity index (χ1v) is 25.6. The summed E-state index contributed by atoms with van der Waals surface area (Å²) in [6.45, 7) is 1.35. The zero-order valence-corrected chi connectivity index (χ0v) is 45.2. The number of terminal acetylenes is 1. The van der Waals surface area contributed by atoms with Gasteiger partial charge in [-0.3, -0.25) is 19.2 Å². The number of carboxylic acid groups (broad SMARTS) is 2. The topological polar surface area (TPSA) is 504 Å². The highest BCUT2D eigenvalue weighted by Crippen LogP contribution is 2.28. The van der Waals surface area contributed by atoms with Crippen LogP contribution in [-0.4, -0.2) is 262 Å². The van der Waals surface area contributed by atoms with Crippen molar-refractivity contribution in [3.05, 3.63) is 23.7 Å². The predicted octanol–water partition coefficient (Wildman–Crippen LogP) is -6.58. The van der Waals surface area contributed by atoms with Crippen LogP contribution >= 0.6 is 0 Å². The summed E-state index contributed by atoms with van der Waals surface area (Å²) < 4.78 is 49.4. The first-order valence-electron chi connectivity index (χ1n) is 25.6. The molecular formula is C48H79N11O22. The SMILES string of the molecule is C#CCOCCOCCOCCOCCOC(=O)N(CCCCNC(=O)CO[C@@H]([C@@H]1OC(C(=O)O)=C[C@H](N=C(N)N)[C@H]1NC(C)=O)[C@H](O)CO)CCCCNC(=O)CO[C@@H]([C@@H]1OC(C(=O)O)=C[C@H](N=C(N)N)[C@H]1NC(C)=O)[C@H](O)CO. The van der Waals surface area contributed by atoms with Crippen LogP contribution in [0.3, 0.4) is 0 Å². The fraction of sp³-hybridized carbons (Fsp3) is 0.688. The van der Waals surface area contributed by atoms with E-state index in [-0.39, 0.29) is 59.2 Å². The van der Waals surface area contributed by atoms with Crippen molar-refractivity contribution >= 4 is 53.6 Å². The van der Waals surface area contributed by atoms with Gasteiger partial charge >= 0.3 is 18.0 Å². The largest absolute Gasteiger partial charge is 0.478 e. The van der Waals surface area contributed by atoms with E-state index in [0.29, 0.717) is 52.1 Å². The van der Waals surface area contributed by atoms with Crippen molar-refractivity contribution in [2.45, 2.75) is 100 Å². The van der Waals surface area contributed by atoms with Crippen LogP contribution in [0, 0.1) is 12.3 Å². The van der Waals surface area contributed by atoms with Gasteiger partial charge in [-0.1, -0.05) is 5.92 Å². The maximum atomic E-state index is 13.3. The molecule has 81 heavy (non-hydrogen) atoms. The van der Waals surface area contributed by atoms with Gasteiger partial charge in [0, 0.05) is 40.0 Å². The number of amides is 5. The Hall–Kier alpha value is -7.13. The number of ether oxygens (including phenoxy) is 9. The van der Waals surface area contributed by atoms with E-state index in [1.165, 1.54) is 4.90 Å². The van der Waals surface area contributed by atoms with Crippen LogP contribution in [0.15, 0.2) is 33.7 Å². The molecule has 2 rings (SSSR count). The van der Waals surface area contributed by atoms with E-state index in [1.807, 2.05) is 0 Å². The van der Waals surface area contributed by atoms with E-state index in [9.17, 15) is 64.2 Å². The molecule has 2 aliphatic heterocycles. The molecule has 0 spiro atoms. The Kier molecular flexibility index (Phi) is 33.9. The molecule has 2 aliphatic rings. The number of aliphatic carboxylic acids is 2. The lowest BCUT2D eigenvalue weighted by Gasteiger charge is -2.40. The van der Waals surface area contributed by atoms with Crippen molar-refractivity contribution in [3.63, 3.8) is 0 Å². The van der Waals surface area contributed by atoms with E-state index >= 15 is 0 Å². The second-order valence-corrected chi connectivity index (χ2v) is 17.7. The molecule has 0 fully saturated rings. The summed E-state index contributed by atoms with van der Waals surface area (Å²) in [5.74, 6) is -5.62. The van der Waals surface area contributed by atoms with Crippen molar-refractivity contribution in [1.29, 1.82) is 0 Å². The average Bonchev–Trinajstić information content (AvgIpc) is 3.40. The monoisotopic (exact) mass is 1160 g/mol. The molecule has 0 aromatic rings. The van der Waals surface area contributed by atoms with Crippen molar-refractivity contribution < 1.29 is 107 Å². The highest BCUT2D eigenvalue weighted by atomic mass is 16.6. The summed E-state index contributed by atoms with van der Waals surface area (Å²) in [5.41, 5.74) is 22.2. The Bertz CT molecular complexity index is 2040. The molecule has 33 heteroatoms. The van der Waals surface area contributed by atoms with Gasteiger partial charge in [-0.05, 0) is 37.8 Å². The maximum Gasteiger partial charge on any atom is 0.409 e. The number of aliphatic hydroxyl groups excluding tert-OH is 4. The maximum absolute atomic E-state index is 13.3. The first kappa shape index (κ1) is 70.0. The highest BCUT2D eigenvalue weighted by molar-refractivity contribution is 5.86. The van der Waals surface area contributed by atoms with Gasteiger partial charge in [0.05, 0.1) is 83.6 Å². The second-order valence-electron chi connectivity index (χ2n) is 17.7. The van der Waals surface area contributed by atoms with Crippen LogP contribution in [0.5, 0.6) is 0 Å². The summed E-state index contributed by atoms with van der Waals surface area (Å²) in [6.07, 6.45) is -1.98. The standard InChI is InChI=1S/C48H79N11O22/c1-4-13-73-14-15-74-16-17-75-18-19-76-20-21-77-48(72)59(11-7-5-9-53-36(66)26-78-40(32(64)24-60)42-38(55-28(2)62)30(57-46(49)50)22-34(80-42)44(68)69)12-8-6-10-54-37(67)27-79-41(33(65)25-61)43-39(56-29(3)63)31(58-47(51)52)23-35(81-43)45(70)71/h1,22-23,30-33,38-43,60-61,64-65H,5-21,24-27H2,2-3H3,(H,53,66)(H,54,67)(H,55,62)(H,56,63)(H,68,69)(H,70,71)(H4,49,50,57)(H4,51,52,58)/t30-,31-,32+,33+,38+,39+,40+,41+,42+,43+/m0/s1. The molecule has 0 aliphatic carbocycles. The minimum atomic E-state index is -1.75. The fourth-order valence-corrected chi connectivity index (χ4v) is 7.77. The molecule has 10 atom stereocenters. The molecule has 0 radical (unpaired) electrons. The van der Waals surface area contributed by atoms with Gasteiger partial charge in [0.25, 0.3) is 0 Å². The third-order valence-electron chi connectivity index (χ3n) is 11.3. The number of carboxylic acids is 2. The molecule has 33 nitrogen and oxygen atoms in total. The van der Waals surface area contributed by atoms with Crippen LogP contribution < -0.4 is 44.2 Å². The first-order chi connectivity index (χ1) is 38.6. The lowest BCUT2D eigenvalue weighted by molar-refractivity contribution is -0.158. The van der Waals surface area contributed by atoms with Crippen LogP contribution in [0.1, 0.15) is 39.5 Å². The number of nitrogens with one attached hydrogen (secondary N) is 4. The lowest BCUT2D eigenvalue weighted by Crippen LogP contribution is -2.60. The van der Waals surface area contributed by atoms with Crippen molar-refractivity contribution in [2.75, 3.05) is 112 Å². The van der Waals surface area contributed by atoms with Gasteiger partial charge in [-0.15, -0.1) is 6.42 Å². The molecule has 0 saturated heterocycles. The lowest BCUT2D eigenvalue weighted by atomic mass is 9.92. The summed E-state index contributed by atoms with van der Waals surface area (Å²) in [6, 6.07) is -4.91. The molecule has 0 saturated carbocycles. The van der Waals surface area contributed by atoms with Gasteiger partial charge in [-0.2, -0.15) is 0 Å². The van der Waals surface area contributed by atoms with E-state index in [0.717, 1.165) is 26.0 Å². The quantitative estimate of drug-likeness (QED) is 0.0117. The Balaban J connectivity index is 2.04. The fourth-order valence-electron chi connectivity index (χ4n) is 7.77. The van der Waals surface area contributed by atoms with Gasteiger partial charge in [0.2, 0.25) is 35.1 Å². The summed E-state index contributed by atoms with van der Waals surface area (Å²) in [5, 5.41) is 70.9. The second kappa shape index (κ2) is 39.3. The molecule has 0 unspecified atom stereocenters. The van der Waals surface area contributed by atoms with Crippen LogP contribution in [-0.2, 0) is 71.4 Å². The molecular weight excluding hydrogens is 1080 g/mol. The van der Waals surface area contributed by atoms with Gasteiger partial charge in [0.1, 0.15) is 50.8 Å². The normalized spacial score (nSPS) is 19.9. The number of aliphatic imine (C=N–C) groups is 2. The predicted molar refractivity (Wildman–Crippen MR) is 281 cm³/mol. The van der Waals surface area contributed by atoms with Gasteiger partial charge < -0.3 is 122 Å². The van der Waals surface area contributed by atoms with Crippen molar-refractivity contribution in [1.82, 2.24) is 26.2 Å². The molecule has 2 heterocycles. The van der Waals surface area contributed by atoms with Crippen LogP contribution in [0.4, 0.5) is 4.79 Å². The number of hydrogen-bond donors (Lipinski definition) is 14. The smallest absolute Gasteiger partial charge is 0.409 e. The van der Waals surface area contributed by atoms with Crippen LogP contribution in [0.25, 0.3) is 0 Å². The van der Waals surface area contributed by atoms with Gasteiger partial charge in [0.15, 0.2) is 24.1 Å². The molecule has 0 aromatic carbocycles. The van der Waals surface area contributed by atoms with E-state index in [4.69, 9.17) is 72.0 Å². The number of aliphatic hydroxyl groups is 4. The molecule has 5 amide bonds. The zero-order chi connectivity index (χ0) is 60.3. The van der Waals surface area contributed by atoms with Crippen molar-refractivity contribution in [3.8, 4) is 12.3 Å². The van der Waals surface area contributed by atoms with E-state index in [1.54, 1.807) is 0 Å². The Morgan fingerprint density at radius 1 is 0.642 bits per heavy atom. The molecule has 0 bridgehead atoms. The number of carbonyl (C=O) groups is 7. The number of nitrogens with two attached hydrogens (primary N) is 4. The number of hydrogen-bond acceptors (Lipinski definition) is 22. The third kappa shape index (κ3) is 27.7. The minimum absolute atomic E-state index is 0.0463. The third-order valence-corrected chi connectivity index (χ3v) is 11.3. The number of unbranched alkanes of at least 4 members (excludes halogenated alkanes) is 2. The molecule has 458 valence electrons. The number of rotatable bonds is 41. The van der Waals surface area contributed by atoms with E-state index in [2.05, 4.69) is 37.2 Å². The summed E-state index contributed by atoms with van der Waals surface area (Å²) in [7, 11) is 0.